The van der Waals surface area contributed by atoms with Gasteiger partial charge in [0, 0.05) is 18.7 Å². The Bertz CT molecular complexity index is 1010. The van der Waals surface area contributed by atoms with Crippen LogP contribution in [0.1, 0.15) is 18.9 Å². The van der Waals surface area contributed by atoms with Crippen LogP contribution in [0.3, 0.4) is 0 Å². The van der Waals surface area contributed by atoms with Crippen LogP contribution in [0.5, 0.6) is 5.75 Å². The quantitative estimate of drug-likeness (QED) is 0.411. The van der Waals surface area contributed by atoms with Crippen molar-refractivity contribution in [3.8, 4) is 5.75 Å². The van der Waals surface area contributed by atoms with Gasteiger partial charge in [-0.15, -0.1) is 0 Å². The van der Waals surface area contributed by atoms with Crippen LogP contribution in [0.15, 0.2) is 47.4 Å². The van der Waals surface area contributed by atoms with Gasteiger partial charge in [-0.05, 0) is 48.9 Å². The molecular formula is C21H18Cl2N2O3S2. The Hall–Kier alpha value is -2.06. The fraction of sp³-hybridized carbons (Fsp3) is 0.190. The molecule has 2 aromatic rings. The molecule has 0 bridgehead atoms. The van der Waals surface area contributed by atoms with Crippen molar-refractivity contribution in [1.82, 2.24) is 4.90 Å². The van der Waals surface area contributed by atoms with Crippen LogP contribution in [0, 0.1) is 0 Å². The van der Waals surface area contributed by atoms with E-state index in [0.29, 0.717) is 37.1 Å². The maximum absolute atomic E-state index is 12.7. The smallest absolute Gasteiger partial charge is 0.266 e. The molecule has 1 aliphatic rings. The lowest BCUT2D eigenvalue weighted by atomic mass is 10.2. The zero-order chi connectivity index (χ0) is 21.7. The third-order valence-corrected chi connectivity index (χ3v) is 6.36. The fourth-order valence-electron chi connectivity index (χ4n) is 2.70. The minimum atomic E-state index is -0.255. The second-order valence-electron chi connectivity index (χ2n) is 6.23. The number of hydrogen-bond acceptors (Lipinski definition) is 5. The van der Waals surface area contributed by atoms with E-state index in [1.54, 1.807) is 48.5 Å². The maximum atomic E-state index is 12.7. The van der Waals surface area contributed by atoms with Crippen LogP contribution in [0.25, 0.3) is 6.08 Å². The molecule has 9 heteroatoms. The van der Waals surface area contributed by atoms with Gasteiger partial charge >= 0.3 is 0 Å². The Labute approximate surface area is 194 Å². The van der Waals surface area contributed by atoms with E-state index in [4.69, 9.17) is 40.2 Å². The first-order valence-corrected chi connectivity index (χ1v) is 11.1. The Kier molecular flexibility index (Phi) is 7.77. The van der Waals surface area contributed by atoms with Crippen molar-refractivity contribution in [2.75, 3.05) is 18.5 Å². The van der Waals surface area contributed by atoms with Gasteiger partial charge in [-0.25, -0.2) is 0 Å². The topological polar surface area (TPSA) is 58.6 Å². The van der Waals surface area contributed by atoms with Gasteiger partial charge in [-0.3, -0.25) is 14.5 Å². The maximum Gasteiger partial charge on any atom is 0.266 e. The van der Waals surface area contributed by atoms with E-state index in [0.717, 1.165) is 5.75 Å². The Morgan fingerprint density at radius 1 is 1.23 bits per heavy atom. The van der Waals surface area contributed by atoms with E-state index >= 15 is 0 Å². The predicted octanol–water partition coefficient (Wildman–Crippen LogP) is 5.62. The first-order chi connectivity index (χ1) is 14.4. The average molecular weight is 481 g/mol. The van der Waals surface area contributed by atoms with Crippen LogP contribution >= 0.6 is 47.2 Å². The summed E-state index contributed by atoms with van der Waals surface area (Å²) in [5.41, 5.74) is 1.29. The van der Waals surface area contributed by atoms with Gasteiger partial charge in [0.2, 0.25) is 5.91 Å². The zero-order valence-electron chi connectivity index (χ0n) is 16.0. The van der Waals surface area contributed by atoms with Crippen LogP contribution in [-0.4, -0.2) is 34.2 Å². The molecule has 156 valence electrons. The highest BCUT2D eigenvalue weighted by Crippen LogP contribution is 2.35. The van der Waals surface area contributed by atoms with Gasteiger partial charge in [-0.1, -0.05) is 59.3 Å². The molecule has 1 heterocycles. The number of benzene rings is 2. The van der Waals surface area contributed by atoms with Crippen LogP contribution in [0.4, 0.5) is 5.69 Å². The highest BCUT2D eigenvalue weighted by atomic mass is 35.5. The summed E-state index contributed by atoms with van der Waals surface area (Å²) in [5.74, 6) is 0.268. The number of thiocarbonyl (C=S) groups is 1. The molecule has 0 spiro atoms. The molecule has 2 amide bonds. The molecular weight excluding hydrogens is 463 g/mol. The molecule has 1 aliphatic heterocycles. The first kappa shape index (κ1) is 22.6. The molecule has 0 aliphatic carbocycles. The third-order valence-electron chi connectivity index (χ3n) is 4.15. The van der Waals surface area contributed by atoms with E-state index < -0.39 is 0 Å². The second-order valence-corrected chi connectivity index (χ2v) is 8.69. The summed E-state index contributed by atoms with van der Waals surface area (Å²) in [6, 6.07) is 12.3. The van der Waals surface area contributed by atoms with Gasteiger partial charge in [-0.2, -0.15) is 0 Å². The Morgan fingerprint density at radius 2 is 1.97 bits per heavy atom. The van der Waals surface area contributed by atoms with E-state index in [1.807, 2.05) is 6.92 Å². The predicted molar refractivity (Wildman–Crippen MR) is 127 cm³/mol. The summed E-state index contributed by atoms with van der Waals surface area (Å²) < 4.78 is 5.78. The van der Waals surface area contributed by atoms with E-state index in [-0.39, 0.29) is 24.8 Å². The average Bonchev–Trinajstić information content (AvgIpc) is 2.98. The number of carbonyl (C=O) groups excluding carboxylic acids is 2. The highest BCUT2D eigenvalue weighted by Gasteiger charge is 2.32. The number of carbonyl (C=O) groups is 2. The minimum Gasteiger partial charge on any atom is -0.494 e. The lowest BCUT2D eigenvalue weighted by Crippen LogP contribution is -2.31. The van der Waals surface area contributed by atoms with Gasteiger partial charge in [0.1, 0.15) is 10.1 Å². The Balaban J connectivity index is 1.59. The number of nitrogens with zero attached hydrogens (tertiary/aromatic N) is 1. The molecule has 30 heavy (non-hydrogen) atoms. The van der Waals surface area contributed by atoms with Gasteiger partial charge in [0.05, 0.1) is 21.6 Å². The highest BCUT2D eigenvalue weighted by molar-refractivity contribution is 8.26. The molecule has 3 rings (SSSR count). The van der Waals surface area contributed by atoms with Crippen LogP contribution in [0.2, 0.25) is 10.0 Å². The SMILES string of the molecule is CCOc1ccc(NC(=O)CCN2C(=O)/C(=C/c3cccc(Cl)c3Cl)SC2=S)cc1. The number of amides is 2. The molecule has 2 aromatic carbocycles. The number of anilines is 1. The molecule has 0 unspecified atom stereocenters. The van der Waals surface area contributed by atoms with Crippen molar-refractivity contribution < 1.29 is 14.3 Å². The minimum absolute atomic E-state index is 0.116. The summed E-state index contributed by atoms with van der Waals surface area (Å²) in [4.78, 5) is 26.8. The lowest BCUT2D eigenvalue weighted by Gasteiger charge is -2.14. The number of halogens is 2. The largest absolute Gasteiger partial charge is 0.494 e. The number of hydrogen-bond donors (Lipinski definition) is 1. The molecule has 5 nitrogen and oxygen atoms in total. The number of rotatable bonds is 7. The molecule has 0 radical (unpaired) electrons. The van der Waals surface area contributed by atoms with E-state index in [9.17, 15) is 9.59 Å². The molecule has 0 atom stereocenters. The fourth-order valence-corrected chi connectivity index (χ4v) is 4.37. The summed E-state index contributed by atoms with van der Waals surface area (Å²) in [7, 11) is 0. The molecule has 0 saturated carbocycles. The van der Waals surface area contributed by atoms with Gasteiger partial charge in [0.15, 0.2) is 0 Å². The van der Waals surface area contributed by atoms with Crippen molar-refractivity contribution in [3.05, 3.63) is 63.0 Å². The van der Waals surface area contributed by atoms with Crippen molar-refractivity contribution >= 4 is 75.1 Å². The zero-order valence-corrected chi connectivity index (χ0v) is 19.1. The van der Waals surface area contributed by atoms with Crippen molar-refractivity contribution in [3.63, 3.8) is 0 Å². The van der Waals surface area contributed by atoms with E-state index in [2.05, 4.69) is 5.32 Å². The normalized spacial score (nSPS) is 15.0. The third kappa shape index (κ3) is 5.55. The lowest BCUT2D eigenvalue weighted by molar-refractivity contribution is -0.122. The molecule has 1 fully saturated rings. The molecule has 1 saturated heterocycles. The van der Waals surface area contributed by atoms with E-state index in [1.165, 1.54) is 16.7 Å². The first-order valence-electron chi connectivity index (χ1n) is 9.11. The summed E-state index contributed by atoms with van der Waals surface area (Å²) in [6.07, 6.45) is 1.78. The molecule has 1 N–H and O–H groups in total. The van der Waals surface area contributed by atoms with Crippen LogP contribution < -0.4 is 10.1 Å². The number of nitrogens with one attached hydrogen (secondary N) is 1. The monoisotopic (exact) mass is 480 g/mol. The van der Waals surface area contributed by atoms with Crippen molar-refractivity contribution in [1.29, 1.82) is 0 Å². The number of ether oxygens (including phenoxy) is 1. The van der Waals surface area contributed by atoms with Crippen molar-refractivity contribution in [2.45, 2.75) is 13.3 Å². The standard InChI is InChI=1S/C21H18Cl2N2O3S2/c1-2-28-15-8-6-14(7-9-15)24-18(26)10-11-25-20(27)17(30-21(25)29)12-13-4-3-5-16(22)19(13)23/h3-9,12H,2,10-11H2,1H3,(H,24,26)/b17-12-. The summed E-state index contributed by atoms with van der Waals surface area (Å²) in [6.45, 7) is 2.67. The Morgan fingerprint density at radius 3 is 2.67 bits per heavy atom. The van der Waals surface area contributed by atoms with Crippen molar-refractivity contribution in [2.24, 2.45) is 0 Å². The summed E-state index contributed by atoms with van der Waals surface area (Å²) >= 11 is 18.7. The summed E-state index contributed by atoms with van der Waals surface area (Å²) in [5, 5.41) is 3.58. The van der Waals surface area contributed by atoms with Crippen LogP contribution in [-0.2, 0) is 9.59 Å². The second kappa shape index (κ2) is 10.3. The number of thioether (sulfide) groups is 1. The van der Waals surface area contributed by atoms with Gasteiger partial charge < -0.3 is 10.1 Å². The van der Waals surface area contributed by atoms with Gasteiger partial charge in [0.25, 0.3) is 5.91 Å². The molecule has 0 aromatic heterocycles.